The van der Waals surface area contributed by atoms with Crippen molar-refractivity contribution in [3.8, 4) is 11.4 Å². The van der Waals surface area contributed by atoms with Gasteiger partial charge in [0.05, 0.1) is 24.0 Å². The molecule has 27 heavy (non-hydrogen) atoms. The molecule has 1 aromatic heterocycles. The lowest BCUT2D eigenvalue weighted by atomic mass is 10.2. The van der Waals surface area contributed by atoms with Crippen LogP contribution >= 0.6 is 11.6 Å². The fourth-order valence-corrected chi connectivity index (χ4v) is 2.46. The van der Waals surface area contributed by atoms with Gasteiger partial charge < -0.3 is 14.8 Å². The summed E-state index contributed by atoms with van der Waals surface area (Å²) in [4.78, 5) is 28.2. The van der Waals surface area contributed by atoms with Crippen molar-refractivity contribution in [2.45, 2.75) is 0 Å². The van der Waals surface area contributed by atoms with E-state index in [2.05, 4.69) is 15.4 Å². The monoisotopic (exact) mass is 386 g/mol. The number of methoxy groups -OCH3 is 1. The van der Waals surface area contributed by atoms with Gasteiger partial charge in [-0.2, -0.15) is 5.10 Å². The molecule has 1 N–H and O–H groups in total. The standard InChI is InChI=1S/C18H15ClN4O4/c1-26-14-4-2-3-12(7-14)18(25)27-9-17(24)22-15-8-13(19)5-6-16(15)23-11-20-10-21-23/h2-8,10-11H,9H2,1H3,(H,22,24). The van der Waals surface area contributed by atoms with E-state index >= 15 is 0 Å². The Balaban J connectivity index is 1.66. The van der Waals surface area contributed by atoms with Crippen molar-refractivity contribution < 1.29 is 19.1 Å². The first-order valence-corrected chi connectivity index (χ1v) is 8.20. The third-order valence-corrected chi connectivity index (χ3v) is 3.77. The third-order valence-electron chi connectivity index (χ3n) is 3.54. The van der Waals surface area contributed by atoms with Crippen molar-refractivity contribution in [2.75, 3.05) is 19.0 Å². The van der Waals surface area contributed by atoms with Crippen LogP contribution in [0.5, 0.6) is 5.75 Å². The number of esters is 1. The molecular weight excluding hydrogens is 372 g/mol. The number of anilines is 1. The quantitative estimate of drug-likeness (QED) is 0.654. The van der Waals surface area contributed by atoms with Crippen molar-refractivity contribution in [3.63, 3.8) is 0 Å². The topological polar surface area (TPSA) is 95.3 Å². The predicted octanol–water partition coefficient (Wildman–Crippen LogP) is 2.72. The molecule has 0 spiro atoms. The molecule has 2 aromatic carbocycles. The van der Waals surface area contributed by atoms with Gasteiger partial charge in [0.25, 0.3) is 5.91 Å². The molecule has 0 aliphatic rings. The smallest absolute Gasteiger partial charge is 0.338 e. The second-order valence-electron chi connectivity index (χ2n) is 5.36. The van der Waals surface area contributed by atoms with Crippen LogP contribution < -0.4 is 10.1 Å². The van der Waals surface area contributed by atoms with Crippen LogP contribution in [0.25, 0.3) is 5.69 Å². The van der Waals surface area contributed by atoms with E-state index in [0.717, 1.165) is 0 Å². The van der Waals surface area contributed by atoms with Gasteiger partial charge in [-0.05, 0) is 36.4 Å². The van der Waals surface area contributed by atoms with E-state index in [4.69, 9.17) is 21.1 Å². The lowest BCUT2D eigenvalue weighted by Gasteiger charge is -2.11. The van der Waals surface area contributed by atoms with Crippen LogP contribution in [0.4, 0.5) is 5.69 Å². The minimum atomic E-state index is -0.633. The van der Waals surface area contributed by atoms with Gasteiger partial charge in [0.2, 0.25) is 0 Å². The summed E-state index contributed by atoms with van der Waals surface area (Å²) in [5, 5.41) is 7.12. The average molecular weight is 387 g/mol. The van der Waals surface area contributed by atoms with E-state index < -0.39 is 18.5 Å². The molecule has 3 aromatic rings. The van der Waals surface area contributed by atoms with Crippen molar-refractivity contribution in [3.05, 3.63) is 65.7 Å². The zero-order valence-corrected chi connectivity index (χ0v) is 15.0. The summed E-state index contributed by atoms with van der Waals surface area (Å²) >= 11 is 6.00. The molecule has 9 heteroatoms. The highest BCUT2D eigenvalue weighted by Gasteiger charge is 2.14. The zero-order chi connectivity index (χ0) is 19.2. The normalized spacial score (nSPS) is 10.3. The third kappa shape index (κ3) is 4.62. The molecule has 0 fully saturated rings. The maximum absolute atomic E-state index is 12.2. The van der Waals surface area contributed by atoms with E-state index in [0.29, 0.717) is 22.1 Å². The number of aromatic nitrogens is 3. The number of hydrogen-bond donors (Lipinski definition) is 1. The van der Waals surface area contributed by atoms with E-state index in [9.17, 15) is 9.59 Å². The predicted molar refractivity (Wildman–Crippen MR) is 98.3 cm³/mol. The molecule has 1 heterocycles. The van der Waals surface area contributed by atoms with Crippen LogP contribution in [-0.2, 0) is 9.53 Å². The van der Waals surface area contributed by atoms with Crippen LogP contribution in [0, 0.1) is 0 Å². The van der Waals surface area contributed by atoms with Crippen LogP contribution in [0.1, 0.15) is 10.4 Å². The average Bonchev–Trinajstić information content (AvgIpc) is 3.20. The van der Waals surface area contributed by atoms with E-state index in [1.807, 2.05) is 0 Å². The molecule has 0 bridgehead atoms. The second kappa shape index (κ2) is 8.33. The van der Waals surface area contributed by atoms with Crippen LogP contribution in [-0.4, -0.2) is 40.4 Å². The van der Waals surface area contributed by atoms with Gasteiger partial charge in [-0.1, -0.05) is 17.7 Å². The highest BCUT2D eigenvalue weighted by Crippen LogP contribution is 2.24. The number of hydrogen-bond acceptors (Lipinski definition) is 6. The molecule has 0 aliphatic carbocycles. The minimum Gasteiger partial charge on any atom is -0.497 e. The Hall–Kier alpha value is -3.39. The molecule has 8 nitrogen and oxygen atoms in total. The van der Waals surface area contributed by atoms with Gasteiger partial charge in [-0.15, -0.1) is 0 Å². The van der Waals surface area contributed by atoms with Crippen LogP contribution in [0.3, 0.4) is 0 Å². The summed E-state index contributed by atoms with van der Waals surface area (Å²) in [7, 11) is 1.50. The molecule has 3 rings (SSSR count). The first-order chi connectivity index (χ1) is 13.1. The largest absolute Gasteiger partial charge is 0.497 e. The molecular formula is C18H15ClN4O4. The van der Waals surface area contributed by atoms with Crippen LogP contribution in [0.2, 0.25) is 5.02 Å². The first kappa shape index (κ1) is 18.4. The summed E-state index contributed by atoms with van der Waals surface area (Å²) in [6, 6.07) is 11.4. The second-order valence-corrected chi connectivity index (χ2v) is 5.79. The van der Waals surface area contributed by atoms with Crippen molar-refractivity contribution in [2.24, 2.45) is 0 Å². The highest BCUT2D eigenvalue weighted by molar-refractivity contribution is 6.31. The van der Waals surface area contributed by atoms with Crippen molar-refractivity contribution >= 4 is 29.2 Å². The Labute approximate surface area is 159 Å². The molecule has 0 atom stereocenters. The number of carbonyl (C=O) groups excluding carboxylic acids is 2. The summed E-state index contributed by atoms with van der Waals surface area (Å²) in [6.07, 6.45) is 2.86. The SMILES string of the molecule is COc1cccc(C(=O)OCC(=O)Nc2cc(Cl)ccc2-n2cncn2)c1. The van der Waals surface area contributed by atoms with Gasteiger partial charge in [0, 0.05) is 5.02 Å². The maximum Gasteiger partial charge on any atom is 0.338 e. The Bertz CT molecular complexity index is 960. The highest BCUT2D eigenvalue weighted by atomic mass is 35.5. The molecule has 1 amide bonds. The molecule has 0 saturated heterocycles. The first-order valence-electron chi connectivity index (χ1n) is 7.82. The Morgan fingerprint density at radius 1 is 1.22 bits per heavy atom. The lowest BCUT2D eigenvalue weighted by molar-refractivity contribution is -0.119. The summed E-state index contributed by atoms with van der Waals surface area (Å²) in [6.45, 7) is -0.459. The van der Waals surface area contributed by atoms with Crippen molar-refractivity contribution in [1.29, 1.82) is 0 Å². The number of amides is 1. The number of carbonyl (C=O) groups is 2. The van der Waals surface area contributed by atoms with Crippen molar-refractivity contribution in [1.82, 2.24) is 14.8 Å². The Morgan fingerprint density at radius 3 is 2.81 bits per heavy atom. The number of halogens is 1. The summed E-state index contributed by atoms with van der Waals surface area (Å²) in [5.41, 5.74) is 1.27. The minimum absolute atomic E-state index is 0.285. The van der Waals surface area contributed by atoms with Gasteiger partial charge in [0.15, 0.2) is 6.61 Å². The zero-order valence-electron chi connectivity index (χ0n) is 14.3. The fraction of sp³-hybridized carbons (Fsp3) is 0.111. The number of nitrogens with zero attached hydrogens (tertiary/aromatic N) is 3. The molecule has 0 saturated carbocycles. The number of rotatable bonds is 6. The Morgan fingerprint density at radius 2 is 2.07 bits per heavy atom. The fourth-order valence-electron chi connectivity index (χ4n) is 2.29. The molecule has 0 unspecified atom stereocenters. The van der Waals surface area contributed by atoms with Gasteiger partial charge in [-0.3, -0.25) is 4.79 Å². The molecule has 138 valence electrons. The van der Waals surface area contributed by atoms with E-state index in [-0.39, 0.29) is 5.56 Å². The van der Waals surface area contributed by atoms with Crippen LogP contribution in [0.15, 0.2) is 55.1 Å². The lowest BCUT2D eigenvalue weighted by Crippen LogP contribution is -2.21. The van der Waals surface area contributed by atoms with E-state index in [1.165, 1.54) is 30.5 Å². The summed E-state index contributed by atoms with van der Waals surface area (Å²) < 4.78 is 11.6. The van der Waals surface area contributed by atoms with E-state index in [1.54, 1.807) is 36.4 Å². The maximum atomic E-state index is 12.2. The van der Waals surface area contributed by atoms with Gasteiger partial charge in [-0.25, -0.2) is 14.5 Å². The summed E-state index contributed by atoms with van der Waals surface area (Å²) in [5.74, 6) is -0.633. The molecule has 0 radical (unpaired) electrons. The van der Waals surface area contributed by atoms with Gasteiger partial charge in [0.1, 0.15) is 18.4 Å². The Kier molecular flexibility index (Phi) is 5.68. The number of benzene rings is 2. The number of nitrogens with one attached hydrogen (secondary N) is 1. The van der Waals surface area contributed by atoms with Gasteiger partial charge >= 0.3 is 5.97 Å². The molecule has 0 aliphatic heterocycles. The number of ether oxygens (including phenoxy) is 2.